The molecule has 0 saturated carbocycles. The number of rotatable bonds is 10. The molecule has 2 aromatic rings. The second-order valence-electron chi connectivity index (χ2n) is 7.96. The minimum atomic E-state index is -0.437. The van der Waals surface area contributed by atoms with Crippen molar-refractivity contribution in [2.45, 2.75) is 32.1 Å². The molecule has 1 aromatic heterocycles. The Hall–Kier alpha value is -3.26. The number of nitrogens with one attached hydrogen (secondary N) is 2. The van der Waals surface area contributed by atoms with E-state index in [1.165, 1.54) is 52.2 Å². The van der Waals surface area contributed by atoms with E-state index in [1.807, 2.05) is 0 Å². The van der Waals surface area contributed by atoms with Gasteiger partial charge in [-0.15, -0.1) is 0 Å². The monoisotopic (exact) mass is 455 g/mol. The van der Waals surface area contributed by atoms with Crippen molar-refractivity contribution in [2.75, 3.05) is 40.4 Å². The van der Waals surface area contributed by atoms with Crippen LogP contribution >= 0.6 is 0 Å². The Morgan fingerprint density at radius 1 is 1.06 bits per heavy atom. The molecule has 0 radical (unpaired) electrons. The largest absolute Gasteiger partial charge is 0.493 e. The Labute approximate surface area is 194 Å². The summed E-state index contributed by atoms with van der Waals surface area (Å²) in [7, 11) is 3.03. The molecule has 0 spiro atoms. The number of ether oxygens (including phenoxy) is 2. The SMILES string of the molecule is COc1ccc(C(=O)N/C(=C\c2ccco2)C(=O)NCCCN2CCCCCC2)cc1OC. The van der Waals surface area contributed by atoms with Gasteiger partial charge in [-0.2, -0.15) is 0 Å². The molecule has 1 aliphatic heterocycles. The highest BCUT2D eigenvalue weighted by atomic mass is 16.5. The van der Waals surface area contributed by atoms with Crippen LogP contribution in [0.2, 0.25) is 0 Å². The third kappa shape index (κ3) is 7.39. The zero-order valence-electron chi connectivity index (χ0n) is 19.4. The van der Waals surface area contributed by atoms with Crippen LogP contribution in [0.1, 0.15) is 48.2 Å². The molecule has 178 valence electrons. The smallest absolute Gasteiger partial charge is 0.267 e. The molecular formula is C25H33N3O5. The van der Waals surface area contributed by atoms with Crippen molar-refractivity contribution in [1.29, 1.82) is 0 Å². The van der Waals surface area contributed by atoms with Gasteiger partial charge in [0.15, 0.2) is 11.5 Å². The zero-order valence-corrected chi connectivity index (χ0v) is 19.4. The third-order valence-electron chi connectivity index (χ3n) is 5.60. The highest BCUT2D eigenvalue weighted by Crippen LogP contribution is 2.27. The maximum absolute atomic E-state index is 12.9. The van der Waals surface area contributed by atoms with E-state index < -0.39 is 5.91 Å². The number of hydrogen-bond acceptors (Lipinski definition) is 6. The molecule has 2 N–H and O–H groups in total. The average Bonchev–Trinajstić information content (AvgIpc) is 3.21. The number of carbonyl (C=O) groups is 2. The van der Waals surface area contributed by atoms with E-state index in [4.69, 9.17) is 13.9 Å². The first-order valence-corrected chi connectivity index (χ1v) is 11.4. The van der Waals surface area contributed by atoms with Gasteiger partial charge in [-0.25, -0.2) is 0 Å². The summed E-state index contributed by atoms with van der Waals surface area (Å²) >= 11 is 0. The van der Waals surface area contributed by atoms with Crippen molar-refractivity contribution in [3.8, 4) is 11.5 Å². The van der Waals surface area contributed by atoms with Crippen LogP contribution < -0.4 is 20.1 Å². The minimum absolute atomic E-state index is 0.111. The van der Waals surface area contributed by atoms with Gasteiger partial charge in [-0.05, 0) is 69.2 Å². The molecule has 3 rings (SSSR count). The Morgan fingerprint density at radius 2 is 1.82 bits per heavy atom. The Bertz CT molecular complexity index is 932. The molecular weight excluding hydrogens is 422 g/mol. The van der Waals surface area contributed by atoms with Gasteiger partial charge in [0.25, 0.3) is 11.8 Å². The second kappa shape index (κ2) is 12.7. The maximum Gasteiger partial charge on any atom is 0.267 e. The molecule has 1 aromatic carbocycles. The van der Waals surface area contributed by atoms with Gasteiger partial charge in [0.1, 0.15) is 11.5 Å². The van der Waals surface area contributed by atoms with Crippen molar-refractivity contribution < 1.29 is 23.5 Å². The Morgan fingerprint density at radius 3 is 2.48 bits per heavy atom. The topological polar surface area (TPSA) is 93.0 Å². The van der Waals surface area contributed by atoms with E-state index in [1.54, 1.807) is 30.3 Å². The molecule has 0 bridgehead atoms. The lowest BCUT2D eigenvalue weighted by Crippen LogP contribution is -2.36. The quantitative estimate of drug-likeness (QED) is 0.421. The first kappa shape index (κ1) is 24.4. The number of nitrogens with zero attached hydrogens (tertiary/aromatic N) is 1. The number of likely N-dealkylation sites (tertiary alicyclic amines) is 1. The standard InChI is InChI=1S/C25H33N3O5/c1-31-22-11-10-19(17-23(22)32-2)24(29)27-21(18-20-9-7-16-33-20)25(30)26-12-8-15-28-13-5-3-4-6-14-28/h7,9-11,16-18H,3-6,8,12-15H2,1-2H3,(H,26,30)(H,27,29)/b21-18-. The first-order valence-electron chi connectivity index (χ1n) is 11.4. The minimum Gasteiger partial charge on any atom is -0.493 e. The molecule has 1 aliphatic rings. The summed E-state index contributed by atoms with van der Waals surface area (Å²) in [4.78, 5) is 28.2. The van der Waals surface area contributed by atoms with E-state index in [0.717, 1.165) is 26.1 Å². The number of methoxy groups -OCH3 is 2. The van der Waals surface area contributed by atoms with Crippen LogP contribution in [0.3, 0.4) is 0 Å². The van der Waals surface area contributed by atoms with Crippen LogP contribution in [0, 0.1) is 0 Å². The highest BCUT2D eigenvalue weighted by molar-refractivity contribution is 6.05. The molecule has 8 nitrogen and oxygen atoms in total. The Balaban J connectivity index is 1.62. The van der Waals surface area contributed by atoms with Gasteiger partial charge >= 0.3 is 0 Å². The summed E-state index contributed by atoms with van der Waals surface area (Å²) in [5.74, 6) is 0.615. The third-order valence-corrected chi connectivity index (χ3v) is 5.60. The summed E-state index contributed by atoms with van der Waals surface area (Å²) in [5.41, 5.74) is 0.450. The molecule has 2 amide bonds. The predicted octanol–water partition coefficient (Wildman–Crippen LogP) is 3.45. The Kier molecular flexibility index (Phi) is 9.38. The highest BCUT2D eigenvalue weighted by Gasteiger charge is 2.17. The lowest BCUT2D eigenvalue weighted by Gasteiger charge is -2.19. The molecule has 0 atom stereocenters. The van der Waals surface area contributed by atoms with Crippen LogP contribution in [0.4, 0.5) is 0 Å². The molecule has 0 unspecified atom stereocenters. The summed E-state index contributed by atoms with van der Waals surface area (Å²) < 4.78 is 15.8. The predicted molar refractivity (Wildman–Crippen MR) is 126 cm³/mol. The number of hydrogen-bond donors (Lipinski definition) is 2. The number of benzene rings is 1. The van der Waals surface area contributed by atoms with Crippen LogP contribution in [0.25, 0.3) is 6.08 Å². The molecule has 2 heterocycles. The van der Waals surface area contributed by atoms with Crippen LogP contribution in [0.5, 0.6) is 11.5 Å². The molecule has 1 saturated heterocycles. The summed E-state index contributed by atoms with van der Waals surface area (Å²) in [6.07, 6.45) is 8.96. The van der Waals surface area contributed by atoms with Gasteiger partial charge in [-0.1, -0.05) is 12.8 Å². The molecule has 8 heteroatoms. The average molecular weight is 456 g/mol. The zero-order chi connectivity index (χ0) is 23.5. The second-order valence-corrected chi connectivity index (χ2v) is 7.96. The van der Waals surface area contributed by atoms with Gasteiger partial charge < -0.3 is 29.4 Å². The molecule has 0 aliphatic carbocycles. The summed E-state index contributed by atoms with van der Waals surface area (Å²) in [5, 5.41) is 5.62. The fourth-order valence-corrected chi connectivity index (χ4v) is 3.81. The van der Waals surface area contributed by atoms with Gasteiger partial charge in [0, 0.05) is 18.2 Å². The van der Waals surface area contributed by atoms with E-state index >= 15 is 0 Å². The van der Waals surface area contributed by atoms with Crippen LogP contribution in [-0.2, 0) is 4.79 Å². The fourth-order valence-electron chi connectivity index (χ4n) is 3.81. The van der Waals surface area contributed by atoms with Crippen molar-refractivity contribution in [3.05, 3.63) is 53.6 Å². The summed E-state index contributed by atoms with van der Waals surface area (Å²) in [6, 6.07) is 8.26. The van der Waals surface area contributed by atoms with Crippen molar-refractivity contribution in [3.63, 3.8) is 0 Å². The maximum atomic E-state index is 12.9. The molecule has 33 heavy (non-hydrogen) atoms. The van der Waals surface area contributed by atoms with Crippen molar-refractivity contribution in [2.24, 2.45) is 0 Å². The van der Waals surface area contributed by atoms with E-state index in [9.17, 15) is 9.59 Å². The van der Waals surface area contributed by atoms with Crippen molar-refractivity contribution >= 4 is 17.9 Å². The number of carbonyl (C=O) groups excluding carboxylic acids is 2. The van der Waals surface area contributed by atoms with E-state index in [-0.39, 0.29) is 11.6 Å². The summed E-state index contributed by atoms with van der Waals surface area (Å²) in [6.45, 7) is 3.73. The van der Waals surface area contributed by atoms with Crippen molar-refractivity contribution in [1.82, 2.24) is 15.5 Å². The van der Waals surface area contributed by atoms with Gasteiger partial charge in [0.2, 0.25) is 0 Å². The fraction of sp³-hybridized carbons (Fsp3) is 0.440. The lowest BCUT2D eigenvalue weighted by molar-refractivity contribution is -0.117. The van der Waals surface area contributed by atoms with Gasteiger partial charge in [0.05, 0.1) is 20.5 Å². The van der Waals surface area contributed by atoms with Crippen LogP contribution in [0.15, 0.2) is 46.7 Å². The van der Waals surface area contributed by atoms with Crippen LogP contribution in [-0.4, -0.2) is 57.1 Å². The lowest BCUT2D eigenvalue weighted by atomic mass is 10.1. The van der Waals surface area contributed by atoms with Gasteiger partial charge in [-0.3, -0.25) is 9.59 Å². The number of amides is 2. The van der Waals surface area contributed by atoms with E-state index in [0.29, 0.717) is 29.4 Å². The normalized spacial score (nSPS) is 14.9. The first-order chi connectivity index (χ1) is 16.1. The number of furan rings is 1. The molecule has 1 fully saturated rings. The van der Waals surface area contributed by atoms with E-state index in [2.05, 4.69) is 15.5 Å².